The summed E-state index contributed by atoms with van der Waals surface area (Å²) in [7, 11) is 3.79. The standard InChI is InChI=1S/C24H34N4O2/c1-4-25-24(27(2)16-17-30-21-10-6-5-7-11-21)26-18-20-14-15-28(19-20)22-12-8-9-13-23(22)29-3/h5-13,20H,4,14-19H2,1-3H3,(H,25,26). The van der Waals surface area contributed by atoms with E-state index in [0.29, 0.717) is 12.5 Å². The normalized spacial score (nSPS) is 16.4. The summed E-state index contributed by atoms with van der Waals surface area (Å²) >= 11 is 0. The van der Waals surface area contributed by atoms with Crippen LogP contribution in [0.1, 0.15) is 13.3 Å². The van der Waals surface area contributed by atoms with Crippen molar-refractivity contribution in [2.75, 3.05) is 58.4 Å². The van der Waals surface area contributed by atoms with Gasteiger partial charge in [0.1, 0.15) is 18.1 Å². The summed E-state index contributed by atoms with van der Waals surface area (Å²) in [5.41, 5.74) is 1.17. The first kappa shape index (κ1) is 21.8. The molecule has 6 heteroatoms. The molecule has 1 aliphatic rings. The number of anilines is 1. The zero-order chi connectivity index (χ0) is 21.2. The van der Waals surface area contributed by atoms with Gasteiger partial charge in [-0.15, -0.1) is 0 Å². The average Bonchev–Trinajstić information content (AvgIpc) is 3.26. The van der Waals surface area contributed by atoms with Gasteiger partial charge >= 0.3 is 0 Å². The van der Waals surface area contributed by atoms with Crippen molar-refractivity contribution < 1.29 is 9.47 Å². The van der Waals surface area contributed by atoms with Crippen LogP contribution in [0.2, 0.25) is 0 Å². The van der Waals surface area contributed by atoms with Gasteiger partial charge in [-0.1, -0.05) is 30.3 Å². The number of ether oxygens (including phenoxy) is 2. The van der Waals surface area contributed by atoms with Crippen molar-refractivity contribution in [2.24, 2.45) is 10.9 Å². The molecule has 0 spiro atoms. The number of nitrogens with zero attached hydrogens (tertiary/aromatic N) is 3. The second-order valence-electron chi connectivity index (χ2n) is 7.55. The number of guanidine groups is 1. The van der Waals surface area contributed by atoms with Crippen LogP contribution in [-0.4, -0.2) is 64.3 Å². The van der Waals surface area contributed by atoms with Crippen LogP contribution in [-0.2, 0) is 0 Å². The number of rotatable bonds is 9. The Hall–Kier alpha value is -2.89. The van der Waals surface area contributed by atoms with E-state index in [4.69, 9.17) is 14.5 Å². The van der Waals surface area contributed by atoms with Crippen LogP contribution >= 0.6 is 0 Å². The van der Waals surface area contributed by atoms with E-state index in [9.17, 15) is 0 Å². The van der Waals surface area contributed by atoms with E-state index in [2.05, 4.69) is 41.2 Å². The van der Waals surface area contributed by atoms with Crippen molar-refractivity contribution >= 4 is 11.6 Å². The molecule has 2 aromatic rings. The predicted molar refractivity (Wildman–Crippen MR) is 124 cm³/mol. The van der Waals surface area contributed by atoms with Gasteiger partial charge in [-0.3, -0.25) is 4.99 Å². The maximum atomic E-state index is 5.82. The Labute approximate surface area is 180 Å². The molecule has 1 atom stereocenters. The topological polar surface area (TPSA) is 49.3 Å². The Morgan fingerprint density at radius 2 is 1.93 bits per heavy atom. The van der Waals surface area contributed by atoms with Crippen molar-refractivity contribution in [3.05, 3.63) is 54.6 Å². The zero-order valence-electron chi connectivity index (χ0n) is 18.4. The molecular formula is C24H34N4O2. The Bertz CT molecular complexity index is 797. The Morgan fingerprint density at radius 1 is 1.17 bits per heavy atom. The summed E-state index contributed by atoms with van der Waals surface area (Å²) in [4.78, 5) is 9.45. The lowest BCUT2D eigenvalue weighted by atomic mass is 10.1. The Morgan fingerprint density at radius 3 is 2.70 bits per heavy atom. The lowest BCUT2D eigenvalue weighted by Gasteiger charge is -2.23. The molecule has 0 saturated carbocycles. The first-order chi connectivity index (χ1) is 14.7. The number of hydrogen-bond acceptors (Lipinski definition) is 4. The maximum absolute atomic E-state index is 5.82. The van der Waals surface area contributed by atoms with Gasteiger partial charge in [0.25, 0.3) is 0 Å². The fourth-order valence-electron chi connectivity index (χ4n) is 3.70. The van der Waals surface area contributed by atoms with E-state index in [1.54, 1.807) is 7.11 Å². The van der Waals surface area contributed by atoms with Crippen molar-refractivity contribution in [2.45, 2.75) is 13.3 Å². The van der Waals surface area contributed by atoms with Crippen LogP contribution in [0.15, 0.2) is 59.6 Å². The highest BCUT2D eigenvalue weighted by atomic mass is 16.5. The summed E-state index contributed by atoms with van der Waals surface area (Å²) < 4.78 is 11.4. The van der Waals surface area contributed by atoms with Crippen molar-refractivity contribution in [1.82, 2.24) is 10.2 Å². The van der Waals surface area contributed by atoms with Crippen LogP contribution in [0.25, 0.3) is 0 Å². The molecule has 1 saturated heterocycles. The molecule has 0 aliphatic carbocycles. The molecule has 1 heterocycles. The Kier molecular flexibility index (Phi) is 8.24. The van der Waals surface area contributed by atoms with Crippen LogP contribution < -0.4 is 19.7 Å². The van der Waals surface area contributed by atoms with Crippen molar-refractivity contribution in [3.8, 4) is 11.5 Å². The van der Waals surface area contributed by atoms with Crippen LogP contribution in [0.5, 0.6) is 11.5 Å². The second kappa shape index (κ2) is 11.3. The molecule has 30 heavy (non-hydrogen) atoms. The summed E-state index contributed by atoms with van der Waals surface area (Å²) in [6.45, 7) is 7.21. The Balaban J connectivity index is 1.51. The van der Waals surface area contributed by atoms with E-state index in [1.807, 2.05) is 42.5 Å². The molecule has 1 fully saturated rings. The molecule has 6 nitrogen and oxygen atoms in total. The van der Waals surface area contributed by atoms with Gasteiger partial charge in [-0.25, -0.2) is 0 Å². The van der Waals surface area contributed by atoms with E-state index in [0.717, 1.165) is 56.6 Å². The van der Waals surface area contributed by atoms with Gasteiger partial charge in [0.05, 0.1) is 19.3 Å². The molecule has 0 amide bonds. The molecule has 162 valence electrons. The minimum Gasteiger partial charge on any atom is -0.495 e. The lowest BCUT2D eigenvalue weighted by Crippen LogP contribution is -2.41. The molecule has 0 bridgehead atoms. The molecule has 3 rings (SSSR count). The number of methoxy groups -OCH3 is 1. The zero-order valence-corrected chi connectivity index (χ0v) is 18.4. The SMILES string of the molecule is CCNC(=NCC1CCN(c2ccccc2OC)C1)N(C)CCOc1ccccc1. The van der Waals surface area contributed by atoms with E-state index < -0.39 is 0 Å². The van der Waals surface area contributed by atoms with Gasteiger partial charge in [0, 0.05) is 33.2 Å². The van der Waals surface area contributed by atoms with Gasteiger partial charge < -0.3 is 24.6 Å². The predicted octanol–water partition coefficient (Wildman–Crippen LogP) is 3.50. The molecule has 1 aliphatic heterocycles. The fraction of sp³-hybridized carbons (Fsp3) is 0.458. The number of nitrogens with one attached hydrogen (secondary N) is 1. The lowest BCUT2D eigenvalue weighted by molar-refractivity contribution is 0.281. The van der Waals surface area contributed by atoms with E-state index >= 15 is 0 Å². The first-order valence-electron chi connectivity index (χ1n) is 10.8. The van der Waals surface area contributed by atoms with Crippen molar-refractivity contribution in [1.29, 1.82) is 0 Å². The van der Waals surface area contributed by atoms with Crippen LogP contribution in [0.3, 0.4) is 0 Å². The molecule has 0 radical (unpaired) electrons. The summed E-state index contributed by atoms with van der Waals surface area (Å²) in [6.07, 6.45) is 1.14. The monoisotopic (exact) mass is 410 g/mol. The van der Waals surface area contributed by atoms with Crippen LogP contribution in [0, 0.1) is 5.92 Å². The first-order valence-corrected chi connectivity index (χ1v) is 10.8. The van der Waals surface area contributed by atoms with E-state index in [1.165, 1.54) is 5.69 Å². The van der Waals surface area contributed by atoms with Crippen molar-refractivity contribution in [3.63, 3.8) is 0 Å². The largest absolute Gasteiger partial charge is 0.495 e. The second-order valence-corrected chi connectivity index (χ2v) is 7.55. The smallest absolute Gasteiger partial charge is 0.193 e. The summed E-state index contributed by atoms with van der Waals surface area (Å²) in [5.74, 6) is 3.31. The van der Waals surface area contributed by atoms with Gasteiger partial charge in [0.2, 0.25) is 0 Å². The molecular weight excluding hydrogens is 376 g/mol. The molecule has 0 aromatic heterocycles. The van der Waals surface area contributed by atoms with Gasteiger partial charge in [-0.05, 0) is 43.5 Å². The maximum Gasteiger partial charge on any atom is 0.193 e. The average molecular weight is 411 g/mol. The highest BCUT2D eigenvalue weighted by molar-refractivity contribution is 5.79. The number of hydrogen-bond donors (Lipinski definition) is 1. The highest BCUT2D eigenvalue weighted by Crippen LogP contribution is 2.31. The summed E-state index contributed by atoms with van der Waals surface area (Å²) in [5, 5.41) is 3.40. The number of aliphatic imine (C=N–C) groups is 1. The minimum absolute atomic E-state index is 0.539. The number of benzene rings is 2. The summed E-state index contributed by atoms with van der Waals surface area (Å²) in [6, 6.07) is 18.2. The third-order valence-electron chi connectivity index (χ3n) is 5.35. The molecule has 1 N–H and O–H groups in total. The third kappa shape index (κ3) is 6.05. The minimum atomic E-state index is 0.539. The van der Waals surface area contributed by atoms with Crippen LogP contribution in [0.4, 0.5) is 5.69 Å². The quantitative estimate of drug-likeness (QED) is 0.507. The molecule has 2 aromatic carbocycles. The third-order valence-corrected chi connectivity index (χ3v) is 5.35. The van der Waals surface area contributed by atoms with Gasteiger partial charge in [0.15, 0.2) is 5.96 Å². The highest BCUT2D eigenvalue weighted by Gasteiger charge is 2.24. The number of para-hydroxylation sites is 3. The molecule has 1 unspecified atom stereocenters. The van der Waals surface area contributed by atoms with E-state index in [-0.39, 0.29) is 0 Å². The fourth-order valence-corrected chi connectivity index (χ4v) is 3.70. The van der Waals surface area contributed by atoms with Gasteiger partial charge in [-0.2, -0.15) is 0 Å². The number of likely N-dealkylation sites (N-methyl/N-ethyl adjacent to an activating group) is 1.